The first-order chi connectivity index (χ1) is 19.7. The molecule has 5 rings (SSSR count). The average Bonchev–Trinajstić information content (AvgIpc) is 3.35. The van der Waals surface area contributed by atoms with Gasteiger partial charge in [0, 0.05) is 58.1 Å². The van der Waals surface area contributed by atoms with Crippen LogP contribution in [0.4, 0.5) is 34.9 Å². The summed E-state index contributed by atoms with van der Waals surface area (Å²) in [6, 6.07) is 12.7. The molecule has 222 valence electrons. The van der Waals surface area contributed by atoms with Crippen molar-refractivity contribution in [2.24, 2.45) is 0 Å². The molecule has 42 heavy (non-hydrogen) atoms. The molecular weight excluding hydrogens is 532 g/mol. The van der Waals surface area contributed by atoms with Gasteiger partial charge < -0.3 is 35.8 Å². The average molecular weight is 573 g/mol. The highest BCUT2D eigenvalue weighted by atomic mass is 16.7. The minimum absolute atomic E-state index is 0.0920. The smallest absolute Gasteiger partial charge is 0.231 e. The molecule has 0 aliphatic carbocycles. The van der Waals surface area contributed by atoms with Crippen LogP contribution in [-0.4, -0.2) is 42.9 Å². The second kappa shape index (κ2) is 12.4. The summed E-state index contributed by atoms with van der Waals surface area (Å²) in [5.41, 5.74) is 3.40. The van der Waals surface area contributed by atoms with E-state index in [4.69, 9.17) is 9.47 Å². The number of phenolic OH excluding ortho intramolecular Hbond substituents is 1. The monoisotopic (exact) mass is 572 g/mol. The van der Waals surface area contributed by atoms with Crippen molar-refractivity contribution in [3.63, 3.8) is 0 Å². The molecule has 0 unspecified atom stereocenters. The Bertz CT molecular complexity index is 1530. The van der Waals surface area contributed by atoms with E-state index in [2.05, 4.69) is 82.7 Å². The van der Waals surface area contributed by atoms with Crippen LogP contribution in [0.3, 0.4) is 0 Å². The fourth-order valence-electron chi connectivity index (χ4n) is 3.76. The van der Waals surface area contributed by atoms with E-state index in [9.17, 15) is 5.11 Å². The molecule has 4 aromatic rings. The van der Waals surface area contributed by atoms with Crippen molar-refractivity contribution in [2.75, 3.05) is 28.1 Å². The Morgan fingerprint density at radius 1 is 0.690 bits per heavy atom. The van der Waals surface area contributed by atoms with Crippen molar-refractivity contribution >= 4 is 34.9 Å². The maximum Gasteiger partial charge on any atom is 0.231 e. The predicted octanol–water partition coefficient (Wildman–Crippen LogP) is 6.91. The first kappa shape index (κ1) is 30.2. The summed E-state index contributed by atoms with van der Waals surface area (Å²) < 4.78 is 10.7. The van der Waals surface area contributed by atoms with Gasteiger partial charge >= 0.3 is 0 Å². The number of anilines is 6. The fraction of sp³-hybridized carbons (Fsp3) is 0.355. The van der Waals surface area contributed by atoms with Crippen LogP contribution in [0.5, 0.6) is 17.2 Å². The second-order valence-corrected chi connectivity index (χ2v) is 12.1. The lowest BCUT2D eigenvalue weighted by molar-refractivity contribution is 0.174. The zero-order valence-corrected chi connectivity index (χ0v) is 25.5. The molecule has 0 saturated carbocycles. The van der Waals surface area contributed by atoms with Gasteiger partial charge in [0.2, 0.25) is 18.7 Å². The van der Waals surface area contributed by atoms with Crippen LogP contribution in [0.15, 0.2) is 54.9 Å². The SMILES string of the molecule is Cc1cnc(NC(C)(C)C)nc1Nc1ccc2c(c1)OCO2.Cc1cnc(NC(C)(C)C)nc1Nc1cccc(O)c1. The van der Waals surface area contributed by atoms with Gasteiger partial charge in [-0.15, -0.1) is 0 Å². The van der Waals surface area contributed by atoms with Gasteiger partial charge in [-0.1, -0.05) is 6.07 Å². The Kier molecular flexibility index (Phi) is 8.89. The van der Waals surface area contributed by atoms with E-state index in [1.165, 1.54) is 0 Å². The van der Waals surface area contributed by atoms with E-state index in [0.29, 0.717) is 11.9 Å². The van der Waals surface area contributed by atoms with E-state index >= 15 is 0 Å². The highest BCUT2D eigenvalue weighted by Gasteiger charge is 2.16. The van der Waals surface area contributed by atoms with Crippen LogP contribution >= 0.6 is 0 Å². The van der Waals surface area contributed by atoms with Crippen LogP contribution in [0.2, 0.25) is 0 Å². The normalized spacial score (nSPS) is 12.2. The third kappa shape index (κ3) is 8.85. The number of hydrogen-bond donors (Lipinski definition) is 5. The number of aromatic hydroxyl groups is 1. The highest BCUT2D eigenvalue weighted by Crippen LogP contribution is 2.35. The van der Waals surface area contributed by atoms with Gasteiger partial charge in [0.1, 0.15) is 17.4 Å². The van der Waals surface area contributed by atoms with Crippen molar-refractivity contribution in [1.82, 2.24) is 19.9 Å². The van der Waals surface area contributed by atoms with Crippen molar-refractivity contribution in [2.45, 2.75) is 66.5 Å². The molecule has 0 bridgehead atoms. The highest BCUT2D eigenvalue weighted by molar-refractivity contribution is 5.64. The van der Waals surface area contributed by atoms with Gasteiger partial charge in [-0.05, 0) is 79.7 Å². The third-order valence-electron chi connectivity index (χ3n) is 5.66. The Labute approximate surface area is 247 Å². The summed E-state index contributed by atoms with van der Waals surface area (Å²) >= 11 is 0. The number of benzene rings is 2. The van der Waals surface area contributed by atoms with Crippen molar-refractivity contribution < 1.29 is 14.6 Å². The molecule has 0 spiro atoms. The maximum atomic E-state index is 9.48. The first-order valence-electron chi connectivity index (χ1n) is 13.7. The summed E-state index contributed by atoms with van der Waals surface area (Å²) in [6.07, 6.45) is 3.57. The van der Waals surface area contributed by atoms with Crippen LogP contribution in [0.1, 0.15) is 52.7 Å². The quantitative estimate of drug-likeness (QED) is 0.165. The first-order valence-corrected chi connectivity index (χ1v) is 13.7. The lowest BCUT2D eigenvalue weighted by atomic mass is 10.1. The molecule has 0 atom stereocenters. The lowest BCUT2D eigenvalue weighted by Gasteiger charge is -2.21. The number of hydrogen-bond acceptors (Lipinski definition) is 11. The number of aromatic nitrogens is 4. The topological polar surface area (TPSA) is 138 Å². The van der Waals surface area contributed by atoms with Gasteiger partial charge in [-0.25, -0.2) is 9.97 Å². The van der Waals surface area contributed by atoms with Crippen LogP contribution in [0.25, 0.3) is 0 Å². The Morgan fingerprint density at radius 3 is 1.74 bits per heavy atom. The van der Waals surface area contributed by atoms with Gasteiger partial charge in [0.25, 0.3) is 0 Å². The van der Waals surface area contributed by atoms with Crippen molar-refractivity contribution in [3.8, 4) is 17.2 Å². The van der Waals surface area contributed by atoms with Gasteiger partial charge in [-0.3, -0.25) is 0 Å². The van der Waals surface area contributed by atoms with E-state index in [1.54, 1.807) is 30.6 Å². The van der Waals surface area contributed by atoms with Gasteiger partial charge in [0.15, 0.2) is 11.5 Å². The van der Waals surface area contributed by atoms with E-state index in [0.717, 1.165) is 45.6 Å². The number of fused-ring (bicyclic) bond motifs is 1. The molecule has 0 radical (unpaired) electrons. The summed E-state index contributed by atoms with van der Waals surface area (Å²) in [7, 11) is 0. The van der Waals surface area contributed by atoms with Crippen molar-refractivity contribution in [1.29, 1.82) is 0 Å². The summed E-state index contributed by atoms with van der Waals surface area (Å²) in [5.74, 6) is 4.38. The largest absolute Gasteiger partial charge is 0.508 e. The second-order valence-electron chi connectivity index (χ2n) is 12.1. The molecule has 1 aliphatic rings. The summed E-state index contributed by atoms with van der Waals surface area (Å²) in [6.45, 7) is 16.5. The Balaban J connectivity index is 0.000000194. The van der Waals surface area contributed by atoms with E-state index in [-0.39, 0.29) is 23.6 Å². The van der Waals surface area contributed by atoms with E-state index < -0.39 is 0 Å². The number of ether oxygens (including phenoxy) is 2. The van der Waals surface area contributed by atoms with Gasteiger partial charge in [0.05, 0.1) is 0 Å². The molecule has 0 amide bonds. The maximum absolute atomic E-state index is 9.48. The van der Waals surface area contributed by atoms with Crippen LogP contribution < -0.4 is 30.7 Å². The van der Waals surface area contributed by atoms with E-state index in [1.807, 2.05) is 38.1 Å². The standard InChI is InChI=1S/C16H20N4O2.C15H20N4O/c1-10-8-17-15(20-16(2,3)4)19-14(10)18-11-5-6-12-13(7-11)22-9-21-12;1-10-9-16-14(19-15(2,3)4)18-13(10)17-11-6-5-7-12(20)8-11/h5-8H,9H2,1-4H3,(H2,17,18,19,20);5-9,20H,1-4H3,(H2,16,17,18,19). The number of aryl methyl sites for hydroxylation is 2. The third-order valence-corrected chi connectivity index (χ3v) is 5.66. The molecular formula is C31H40N8O3. The Morgan fingerprint density at radius 2 is 1.21 bits per heavy atom. The molecule has 2 aromatic heterocycles. The summed E-state index contributed by atoms with van der Waals surface area (Å²) in [4.78, 5) is 17.6. The molecule has 0 fully saturated rings. The molecule has 2 aromatic carbocycles. The van der Waals surface area contributed by atoms with Gasteiger partial charge in [-0.2, -0.15) is 9.97 Å². The Hall–Kier alpha value is -4.80. The lowest BCUT2D eigenvalue weighted by Crippen LogP contribution is -2.27. The zero-order valence-electron chi connectivity index (χ0n) is 25.5. The minimum atomic E-state index is -0.0997. The van der Waals surface area contributed by atoms with Crippen LogP contribution in [-0.2, 0) is 0 Å². The summed E-state index contributed by atoms with van der Waals surface area (Å²) in [5, 5.41) is 22.5. The van der Waals surface area contributed by atoms with Crippen LogP contribution in [0, 0.1) is 13.8 Å². The number of nitrogens with zero attached hydrogens (tertiary/aromatic N) is 4. The van der Waals surface area contributed by atoms with Crippen molar-refractivity contribution in [3.05, 3.63) is 66.0 Å². The number of phenols is 1. The minimum Gasteiger partial charge on any atom is -0.508 e. The molecule has 1 aliphatic heterocycles. The predicted molar refractivity (Wildman–Crippen MR) is 168 cm³/mol. The molecule has 11 heteroatoms. The number of nitrogens with one attached hydrogen (secondary N) is 4. The molecule has 3 heterocycles. The molecule has 11 nitrogen and oxygen atoms in total. The fourth-order valence-corrected chi connectivity index (χ4v) is 3.76. The zero-order chi connectivity index (χ0) is 30.5. The number of rotatable bonds is 6. The molecule has 0 saturated heterocycles. The molecule has 5 N–H and O–H groups in total.